The van der Waals surface area contributed by atoms with Crippen molar-refractivity contribution in [1.29, 1.82) is 0 Å². The Labute approximate surface area is 219 Å². The molecule has 11 heteroatoms. The van der Waals surface area contributed by atoms with E-state index in [2.05, 4.69) is 36.7 Å². The second-order valence-electron chi connectivity index (χ2n) is 7.29. The summed E-state index contributed by atoms with van der Waals surface area (Å²) in [5.41, 5.74) is 4.77. The molecule has 36 heavy (non-hydrogen) atoms. The Hall–Kier alpha value is -3.96. The molecule has 3 aromatic carbocycles. The van der Waals surface area contributed by atoms with E-state index >= 15 is 0 Å². The van der Waals surface area contributed by atoms with Gasteiger partial charge in [-0.25, -0.2) is 10.2 Å². The van der Waals surface area contributed by atoms with Crippen molar-refractivity contribution in [2.75, 3.05) is 12.4 Å². The van der Waals surface area contributed by atoms with E-state index in [-0.39, 0.29) is 11.7 Å². The number of hydrogen-bond acceptors (Lipinski definition) is 7. The average molecular weight is 566 g/mol. The number of halogens is 1. The van der Waals surface area contributed by atoms with Gasteiger partial charge in [0.15, 0.2) is 17.6 Å². The summed E-state index contributed by atoms with van der Waals surface area (Å²) in [5, 5.41) is 22.0. The standard InChI is InChI=1S/C25H20BrN5O4S/c26-19-10-12-20(13-11-19)31-24(17-6-2-1-3-7-17)29-30-25(31)36-16-22(32)28-27-14-18-8-4-5-9-21(18)35-15-23(33)34/h1-14H,15-16H2,(H,28,32)(H,33,34)/b27-14+. The summed E-state index contributed by atoms with van der Waals surface area (Å²) in [6.45, 7) is -0.474. The predicted octanol–water partition coefficient (Wildman–Crippen LogP) is 4.40. The first-order chi connectivity index (χ1) is 17.5. The molecule has 0 aliphatic carbocycles. The monoisotopic (exact) mass is 565 g/mol. The van der Waals surface area contributed by atoms with E-state index in [4.69, 9.17) is 9.84 Å². The number of rotatable bonds is 10. The Balaban J connectivity index is 1.45. The van der Waals surface area contributed by atoms with E-state index in [0.717, 1.165) is 15.7 Å². The van der Waals surface area contributed by atoms with E-state index in [9.17, 15) is 9.59 Å². The summed E-state index contributed by atoms with van der Waals surface area (Å²) in [5.74, 6) is -0.358. The highest BCUT2D eigenvalue weighted by Crippen LogP contribution is 2.28. The van der Waals surface area contributed by atoms with Gasteiger partial charge in [-0.1, -0.05) is 70.2 Å². The second-order valence-corrected chi connectivity index (χ2v) is 9.14. The molecule has 1 amide bonds. The number of carboxylic acids is 1. The number of carboxylic acid groups (broad SMARTS) is 1. The van der Waals surface area contributed by atoms with Gasteiger partial charge < -0.3 is 9.84 Å². The minimum Gasteiger partial charge on any atom is -0.481 e. The molecule has 0 unspecified atom stereocenters. The van der Waals surface area contributed by atoms with E-state index < -0.39 is 12.6 Å². The molecule has 1 aromatic heterocycles. The van der Waals surface area contributed by atoms with E-state index in [1.807, 2.05) is 59.2 Å². The summed E-state index contributed by atoms with van der Waals surface area (Å²) in [4.78, 5) is 23.2. The second kappa shape index (κ2) is 12.1. The highest BCUT2D eigenvalue weighted by atomic mass is 79.9. The molecule has 0 spiro atoms. The van der Waals surface area contributed by atoms with Crippen LogP contribution in [0.3, 0.4) is 0 Å². The van der Waals surface area contributed by atoms with Crippen LogP contribution in [0.5, 0.6) is 5.75 Å². The molecule has 0 aliphatic heterocycles. The molecule has 9 nitrogen and oxygen atoms in total. The number of hydrazone groups is 1. The largest absolute Gasteiger partial charge is 0.481 e. The fraction of sp³-hybridized carbons (Fsp3) is 0.0800. The van der Waals surface area contributed by atoms with Crippen LogP contribution in [0.15, 0.2) is 93.6 Å². The Morgan fingerprint density at radius 1 is 1.03 bits per heavy atom. The summed E-state index contributed by atoms with van der Waals surface area (Å²) >= 11 is 4.69. The zero-order chi connectivity index (χ0) is 25.3. The minimum atomic E-state index is -1.08. The number of nitrogens with one attached hydrogen (secondary N) is 1. The smallest absolute Gasteiger partial charge is 0.341 e. The van der Waals surface area contributed by atoms with Crippen LogP contribution in [0, 0.1) is 0 Å². The third-order valence-electron chi connectivity index (χ3n) is 4.75. The summed E-state index contributed by atoms with van der Waals surface area (Å²) < 4.78 is 8.08. The molecule has 0 fully saturated rings. The first-order valence-electron chi connectivity index (χ1n) is 10.7. The van der Waals surface area contributed by atoms with Crippen molar-refractivity contribution in [3.8, 4) is 22.8 Å². The van der Waals surface area contributed by atoms with Gasteiger partial charge in [-0.3, -0.25) is 9.36 Å². The van der Waals surface area contributed by atoms with E-state index in [0.29, 0.717) is 22.3 Å². The van der Waals surface area contributed by atoms with Crippen molar-refractivity contribution >= 4 is 45.8 Å². The van der Waals surface area contributed by atoms with Crippen LogP contribution < -0.4 is 10.2 Å². The first-order valence-corrected chi connectivity index (χ1v) is 12.4. The van der Waals surface area contributed by atoms with Crippen LogP contribution in [0.2, 0.25) is 0 Å². The van der Waals surface area contributed by atoms with Gasteiger partial charge in [-0.2, -0.15) is 5.10 Å². The van der Waals surface area contributed by atoms with Gasteiger partial charge in [-0.15, -0.1) is 10.2 Å². The molecule has 0 saturated carbocycles. The number of amides is 1. The third-order valence-corrected chi connectivity index (χ3v) is 6.20. The number of carbonyl (C=O) groups excluding carboxylic acids is 1. The lowest BCUT2D eigenvalue weighted by atomic mass is 10.2. The molecule has 182 valence electrons. The van der Waals surface area contributed by atoms with E-state index in [1.54, 1.807) is 24.3 Å². The third kappa shape index (κ3) is 6.58. The number of ether oxygens (including phenoxy) is 1. The van der Waals surface area contributed by atoms with Crippen LogP contribution in [-0.4, -0.2) is 50.3 Å². The van der Waals surface area contributed by atoms with Crippen molar-refractivity contribution < 1.29 is 19.4 Å². The molecule has 4 aromatic rings. The maximum absolute atomic E-state index is 12.5. The lowest BCUT2D eigenvalue weighted by Crippen LogP contribution is -2.20. The normalized spacial score (nSPS) is 10.9. The van der Waals surface area contributed by atoms with Crippen molar-refractivity contribution in [3.05, 3.63) is 88.9 Å². The molecule has 4 rings (SSSR count). The summed E-state index contributed by atoms with van der Waals surface area (Å²) in [7, 11) is 0. The van der Waals surface area contributed by atoms with Gasteiger partial charge >= 0.3 is 5.97 Å². The Morgan fingerprint density at radius 2 is 1.75 bits per heavy atom. The first kappa shape index (κ1) is 25.1. The number of thioether (sulfide) groups is 1. The number of carbonyl (C=O) groups is 2. The number of aromatic nitrogens is 3. The average Bonchev–Trinajstić information content (AvgIpc) is 3.32. The lowest BCUT2D eigenvalue weighted by Gasteiger charge is -2.10. The highest BCUT2D eigenvalue weighted by Gasteiger charge is 2.17. The van der Waals surface area contributed by atoms with Gasteiger partial charge in [0, 0.05) is 21.3 Å². The molecule has 1 heterocycles. The molecule has 0 aliphatic rings. The maximum Gasteiger partial charge on any atom is 0.341 e. The van der Waals surface area contributed by atoms with Gasteiger partial charge in [-0.05, 0) is 36.4 Å². The molecule has 0 atom stereocenters. The van der Waals surface area contributed by atoms with Crippen LogP contribution >= 0.6 is 27.7 Å². The van der Waals surface area contributed by atoms with Gasteiger partial charge in [0.1, 0.15) is 5.75 Å². The van der Waals surface area contributed by atoms with Crippen molar-refractivity contribution in [3.63, 3.8) is 0 Å². The SMILES string of the molecule is O=C(O)COc1ccccc1/C=N/NC(=O)CSc1nnc(-c2ccccc2)n1-c1ccc(Br)cc1. The number of nitrogens with zero attached hydrogens (tertiary/aromatic N) is 4. The van der Waals surface area contributed by atoms with Crippen molar-refractivity contribution in [1.82, 2.24) is 20.2 Å². The number of aliphatic carboxylic acids is 1. The fourth-order valence-corrected chi connectivity index (χ4v) is 4.16. The Bertz CT molecular complexity index is 1380. The molecule has 0 bridgehead atoms. The summed E-state index contributed by atoms with van der Waals surface area (Å²) in [6, 6.07) is 24.2. The summed E-state index contributed by atoms with van der Waals surface area (Å²) in [6.07, 6.45) is 1.40. The molecule has 0 radical (unpaired) electrons. The van der Waals surface area contributed by atoms with Crippen LogP contribution in [-0.2, 0) is 9.59 Å². The topological polar surface area (TPSA) is 119 Å². The Morgan fingerprint density at radius 3 is 2.50 bits per heavy atom. The molecular weight excluding hydrogens is 546 g/mol. The van der Waals surface area contributed by atoms with Gasteiger partial charge in [0.25, 0.3) is 5.91 Å². The zero-order valence-corrected chi connectivity index (χ0v) is 21.1. The number of benzene rings is 3. The lowest BCUT2D eigenvalue weighted by molar-refractivity contribution is -0.139. The van der Waals surface area contributed by atoms with E-state index in [1.165, 1.54) is 18.0 Å². The molecule has 0 saturated heterocycles. The van der Waals surface area contributed by atoms with Crippen molar-refractivity contribution in [2.24, 2.45) is 5.10 Å². The molecule has 2 N–H and O–H groups in total. The minimum absolute atomic E-state index is 0.0535. The van der Waals surface area contributed by atoms with Crippen molar-refractivity contribution in [2.45, 2.75) is 5.16 Å². The maximum atomic E-state index is 12.5. The number of para-hydroxylation sites is 1. The van der Waals surface area contributed by atoms with Crippen LogP contribution in [0.4, 0.5) is 0 Å². The number of hydrogen-bond donors (Lipinski definition) is 2. The van der Waals surface area contributed by atoms with Crippen LogP contribution in [0.1, 0.15) is 5.56 Å². The predicted molar refractivity (Wildman–Crippen MR) is 141 cm³/mol. The molecular formula is C25H20BrN5O4S. The highest BCUT2D eigenvalue weighted by molar-refractivity contribution is 9.10. The van der Waals surface area contributed by atoms with Gasteiger partial charge in [0.05, 0.1) is 12.0 Å². The Kier molecular flexibility index (Phi) is 8.48. The van der Waals surface area contributed by atoms with Gasteiger partial charge in [0.2, 0.25) is 0 Å². The quantitative estimate of drug-likeness (QED) is 0.166. The zero-order valence-electron chi connectivity index (χ0n) is 18.7. The van der Waals surface area contributed by atoms with Crippen LogP contribution in [0.25, 0.3) is 17.1 Å². The fourth-order valence-electron chi connectivity index (χ4n) is 3.15.